The van der Waals surface area contributed by atoms with Crippen LogP contribution in [0, 0.1) is 17.1 Å². The summed E-state index contributed by atoms with van der Waals surface area (Å²) in [5.74, 6) is 0.408. The molecule has 0 spiro atoms. The SMILES string of the molecule is CCc1nc2sc(N3CC[C@@H](N(C)CC(=O)N4CC(F)C4)C3)nn2c1N(C)c1nc(-c2ccc(F)cc2)c(C#N)s1. The summed E-state index contributed by atoms with van der Waals surface area (Å²) in [5.41, 5.74) is 2.06. The van der Waals surface area contributed by atoms with Crippen LogP contribution >= 0.6 is 22.7 Å². The van der Waals surface area contributed by atoms with Gasteiger partial charge in [-0.1, -0.05) is 29.6 Å². The van der Waals surface area contributed by atoms with E-state index in [1.165, 1.54) is 34.8 Å². The van der Waals surface area contributed by atoms with E-state index < -0.39 is 6.17 Å². The molecule has 14 heteroatoms. The van der Waals surface area contributed by atoms with Gasteiger partial charge in [-0.05, 0) is 44.2 Å². The molecular formula is C27H29F2N9OS2. The van der Waals surface area contributed by atoms with Crippen LogP contribution in [0.4, 0.5) is 24.9 Å². The number of thiazole rings is 1. The average molecular weight is 598 g/mol. The lowest BCUT2D eigenvalue weighted by Gasteiger charge is -2.36. The van der Waals surface area contributed by atoms with Crippen molar-refractivity contribution in [2.45, 2.75) is 32.0 Å². The minimum Gasteiger partial charge on any atom is -0.345 e. The number of fused-ring (bicyclic) bond motifs is 1. The summed E-state index contributed by atoms with van der Waals surface area (Å²) in [7, 11) is 3.83. The first-order chi connectivity index (χ1) is 19.7. The van der Waals surface area contributed by atoms with Crippen LogP contribution in [0.2, 0.25) is 0 Å². The third-order valence-corrected chi connectivity index (χ3v) is 9.65. The third-order valence-electron chi connectivity index (χ3n) is 7.64. The Morgan fingerprint density at radius 3 is 2.61 bits per heavy atom. The highest BCUT2D eigenvalue weighted by atomic mass is 32.1. The molecule has 1 aromatic carbocycles. The van der Waals surface area contributed by atoms with Crippen LogP contribution < -0.4 is 9.80 Å². The number of likely N-dealkylation sites (tertiary alicyclic amines) is 1. The second kappa shape index (κ2) is 11.0. The topological polar surface area (TPSA) is 96.9 Å². The van der Waals surface area contributed by atoms with Crippen LogP contribution in [0.15, 0.2) is 24.3 Å². The van der Waals surface area contributed by atoms with Crippen LogP contribution in [0.25, 0.3) is 16.2 Å². The maximum Gasteiger partial charge on any atom is 0.236 e. The van der Waals surface area contributed by atoms with Crippen molar-refractivity contribution in [3.63, 3.8) is 0 Å². The molecule has 0 aliphatic carbocycles. The highest BCUT2D eigenvalue weighted by molar-refractivity contribution is 7.20. The van der Waals surface area contributed by atoms with Gasteiger partial charge in [-0.3, -0.25) is 9.69 Å². The van der Waals surface area contributed by atoms with Gasteiger partial charge in [0.2, 0.25) is 16.0 Å². The number of carbonyl (C=O) groups is 1. The zero-order valence-corrected chi connectivity index (χ0v) is 24.6. The van der Waals surface area contributed by atoms with Gasteiger partial charge < -0.3 is 14.7 Å². The van der Waals surface area contributed by atoms with Crippen LogP contribution in [-0.2, 0) is 11.2 Å². The number of aryl methyl sites for hydroxylation is 1. The number of amides is 1. The molecule has 4 aromatic rings. The largest absolute Gasteiger partial charge is 0.345 e. The second-order valence-electron chi connectivity index (χ2n) is 10.4. The fraction of sp³-hybridized carbons (Fsp3) is 0.444. The molecule has 2 aliphatic heterocycles. The number of hydrogen-bond acceptors (Lipinski definition) is 10. The van der Waals surface area contributed by atoms with E-state index in [0.29, 0.717) is 27.7 Å². The van der Waals surface area contributed by atoms with Gasteiger partial charge in [-0.15, -0.1) is 5.10 Å². The van der Waals surface area contributed by atoms with Gasteiger partial charge in [0.05, 0.1) is 25.3 Å². The quantitative estimate of drug-likeness (QED) is 0.301. The van der Waals surface area contributed by atoms with Crippen molar-refractivity contribution in [2.24, 2.45) is 0 Å². The van der Waals surface area contributed by atoms with E-state index in [4.69, 9.17) is 15.1 Å². The number of alkyl halides is 1. The summed E-state index contributed by atoms with van der Waals surface area (Å²) in [4.78, 5) is 31.0. The van der Waals surface area contributed by atoms with Gasteiger partial charge in [-0.25, -0.2) is 18.7 Å². The number of nitriles is 1. The van der Waals surface area contributed by atoms with Gasteiger partial charge >= 0.3 is 0 Å². The van der Waals surface area contributed by atoms with E-state index in [2.05, 4.69) is 15.9 Å². The first-order valence-electron chi connectivity index (χ1n) is 13.4. The van der Waals surface area contributed by atoms with Gasteiger partial charge in [0, 0.05) is 31.7 Å². The van der Waals surface area contributed by atoms with E-state index in [1.54, 1.807) is 17.0 Å². The van der Waals surface area contributed by atoms with E-state index in [1.807, 2.05) is 30.4 Å². The molecule has 6 rings (SSSR count). The minimum absolute atomic E-state index is 0.0309. The first kappa shape index (κ1) is 27.5. The number of benzene rings is 1. The maximum atomic E-state index is 13.5. The molecular weight excluding hydrogens is 568 g/mol. The molecule has 1 amide bonds. The highest BCUT2D eigenvalue weighted by Gasteiger charge is 2.34. The summed E-state index contributed by atoms with van der Waals surface area (Å²) in [5, 5.41) is 16.2. The lowest BCUT2D eigenvalue weighted by molar-refractivity contribution is -0.139. The Kier molecular flexibility index (Phi) is 7.35. The van der Waals surface area contributed by atoms with Gasteiger partial charge in [0.25, 0.3) is 0 Å². The van der Waals surface area contributed by atoms with Crippen molar-refractivity contribution in [2.75, 3.05) is 56.6 Å². The number of anilines is 3. The normalized spacial score (nSPS) is 17.4. The van der Waals surface area contributed by atoms with Gasteiger partial charge in [0.15, 0.2) is 10.9 Å². The fourth-order valence-corrected chi connectivity index (χ4v) is 7.04. The molecule has 0 unspecified atom stereocenters. The number of aromatic nitrogens is 4. The van der Waals surface area contributed by atoms with Crippen molar-refractivity contribution >= 4 is 49.6 Å². The number of imidazole rings is 1. The van der Waals surface area contributed by atoms with E-state index in [0.717, 1.165) is 41.1 Å². The molecule has 0 saturated carbocycles. The van der Waals surface area contributed by atoms with Gasteiger partial charge in [-0.2, -0.15) is 9.78 Å². The van der Waals surface area contributed by atoms with Crippen molar-refractivity contribution in [3.05, 3.63) is 40.7 Å². The Balaban J connectivity index is 1.22. The third kappa shape index (κ3) is 5.13. The molecule has 214 valence electrons. The Morgan fingerprint density at radius 2 is 1.93 bits per heavy atom. The lowest BCUT2D eigenvalue weighted by Crippen LogP contribution is -2.54. The number of rotatable bonds is 8. The Morgan fingerprint density at radius 1 is 1.17 bits per heavy atom. The van der Waals surface area contributed by atoms with Crippen LogP contribution in [-0.4, -0.2) is 94.3 Å². The molecule has 0 radical (unpaired) electrons. The van der Waals surface area contributed by atoms with Crippen LogP contribution in [0.3, 0.4) is 0 Å². The van der Waals surface area contributed by atoms with E-state index in [-0.39, 0.29) is 37.4 Å². The minimum atomic E-state index is -0.895. The van der Waals surface area contributed by atoms with Crippen molar-refractivity contribution in [3.8, 4) is 17.3 Å². The second-order valence-corrected chi connectivity index (χ2v) is 12.3. The number of carbonyl (C=O) groups excluding carboxylic acids is 1. The number of hydrogen-bond donors (Lipinski definition) is 0. The van der Waals surface area contributed by atoms with Crippen molar-refractivity contribution in [1.29, 1.82) is 5.26 Å². The molecule has 10 nitrogen and oxygen atoms in total. The maximum absolute atomic E-state index is 13.5. The molecule has 0 bridgehead atoms. The molecule has 3 aromatic heterocycles. The van der Waals surface area contributed by atoms with E-state index >= 15 is 0 Å². The number of nitrogens with zero attached hydrogens (tertiary/aromatic N) is 9. The molecule has 1 atom stereocenters. The zero-order valence-electron chi connectivity index (χ0n) is 22.9. The molecule has 2 fully saturated rings. The fourth-order valence-electron chi connectivity index (χ4n) is 5.24. The molecule has 41 heavy (non-hydrogen) atoms. The van der Waals surface area contributed by atoms with Crippen LogP contribution in [0.1, 0.15) is 23.9 Å². The van der Waals surface area contributed by atoms with Gasteiger partial charge in [0.1, 0.15) is 28.6 Å². The van der Waals surface area contributed by atoms with Crippen molar-refractivity contribution in [1.82, 2.24) is 29.4 Å². The predicted molar refractivity (Wildman–Crippen MR) is 155 cm³/mol. The first-order valence-corrected chi connectivity index (χ1v) is 15.0. The Bertz CT molecular complexity index is 1620. The van der Waals surface area contributed by atoms with Crippen LogP contribution in [0.5, 0.6) is 0 Å². The predicted octanol–water partition coefficient (Wildman–Crippen LogP) is 3.95. The monoisotopic (exact) mass is 597 g/mol. The standard InChI is InChI=1S/C27H29F2N9OS2/c1-4-20-24(35(3)25-32-23(21(11-30)40-25)16-5-7-17(28)8-6-16)38-26(31-20)41-27(33-38)36-10-9-19(14-36)34(2)15-22(39)37-12-18(29)13-37/h5-8,18-19H,4,9-10,12-15H2,1-3H3/t19-/m1/s1. The molecule has 5 heterocycles. The average Bonchev–Trinajstić information content (AvgIpc) is 3.73. The molecule has 0 N–H and O–H groups in total. The van der Waals surface area contributed by atoms with Crippen molar-refractivity contribution < 1.29 is 13.6 Å². The summed E-state index contributed by atoms with van der Waals surface area (Å²) in [6, 6.07) is 8.38. The number of likely N-dealkylation sites (N-methyl/N-ethyl adjacent to an activating group) is 1. The zero-order chi connectivity index (χ0) is 28.8. The summed E-state index contributed by atoms with van der Waals surface area (Å²) in [6.45, 7) is 4.25. The lowest BCUT2D eigenvalue weighted by atomic mass is 10.1. The molecule has 2 saturated heterocycles. The summed E-state index contributed by atoms with van der Waals surface area (Å²) < 4.78 is 28.5. The highest BCUT2D eigenvalue weighted by Crippen LogP contribution is 2.38. The Hall–Kier alpha value is -3.67. The van der Waals surface area contributed by atoms with E-state index in [9.17, 15) is 18.8 Å². The summed E-state index contributed by atoms with van der Waals surface area (Å²) >= 11 is 2.78. The Labute approximate surface area is 244 Å². The smallest absolute Gasteiger partial charge is 0.236 e. The number of halogens is 2. The summed E-state index contributed by atoms with van der Waals surface area (Å²) in [6.07, 6.45) is 0.692. The molecule has 2 aliphatic rings.